The van der Waals surface area contributed by atoms with Gasteiger partial charge < -0.3 is 14.2 Å². The highest BCUT2D eigenvalue weighted by molar-refractivity contribution is 9.11. The molecule has 3 rings (SSSR count). The molecule has 1 N–H and O–H groups in total. The number of hydrogen-bond acceptors (Lipinski definition) is 8. The zero-order valence-electron chi connectivity index (χ0n) is 15.6. The van der Waals surface area contributed by atoms with Crippen molar-refractivity contribution in [2.24, 2.45) is 10.2 Å². The van der Waals surface area contributed by atoms with E-state index in [1.54, 1.807) is 31.2 Å². The summed E-state index contributed by atoms with van der Waals surface area (Å²) < 4.78 is 36.9. The Labute approximate surface area is 194 Å². The standard InChI is InChI=1S/C18H15Br2N3O5S2/c1-10-17(24)22-18(29-10)23-21-9-11-3-6-14(15(7-11)27-2)28-30(25,26)16-8-12(19)4-5-13(16)20/h3-10H,1-2H3,(H,22,23,24). The average Bonchev–Trinajstić information content (AvgIpc) is 3.02. The molecule has 12 heteroatoms. The molecule has 1 atom stereocenters. The number of halogens is 2. The molecule has 1 unspecified atom stereocenters. The van der Waals surface area contributed by atoms with Crippen LogP contribution >= 0.6 is 43.6 Å². The van der Waals surface area contributed by atoms with E-state index in [2.05, 4.69) is 47.4 Å². The maximum atomic E-state index is 12.7. The van der Waals surface area contributed by atoms with E-state index in [9.17, 15) is 13.2 Å². The van der Waals surface area contributed by atoms with Crippen molar-refractivity contribution < 1.29 is 22.1 Å². The number of thioether (sulfide) groups is 1. The number of carbonyl (C=O) groups is 1. The molecule has 0 saturated carbocycles. The van der Waals surface area contributed by atoms with Gasteiger partial charge in [-0.2, -0.15) is 13.5 Å². The number of nitrogens with one attached hydrogen (secondary N) is 1. The minimum Gasteiger partial charge on any atom is -0.493 e. The average molecular weight is 577 g/mol. The van der Waals surface area contributed by atoms with Gasteiger partial charge in [0.1, 0.15) is 4.90 Å². The van der Waals surface area contributed by atoms with E-state index >= 15 is 0 Å². The second kappa shape index (κ2) is 9.50. The van der Waals surface area contributed by atoms with Gasteiger partial charge in [-0.1, -0.05) is 27.7 Å². The molecular weight excluding hydrogens is 562 g/mol. The number of hydrogen-bond donors (Lipinski definition) is 1. The summed E-state index contributed by atoms with van der Waals surface area (Å²) in [5, 5.41) is 10.7. The van der Waals surface area contributed by atoms with Gasteiger partial charge in [0.15, 0.2) is 16.7 Å². The minimum absolute atomic E-state index is 0.0225. The van der Waals surface area contributed by atoms with Crippen molar-refractivity contribution in [2.45, 2.75) is 17.1 Å². The van der Waals surface area contributed by atoms with E-state index in [-0.39, 0.29) is 27.6 Å². The van der Waals surface area contributed by atoms with Crippen LogP contribution in [0.15, 0.2) is 60.4 Å². The third kappa shape index (κ3) is 5.42. The molecule has 30 heavy (non-hydrogen) atoms. The second-order valence-corrected chi connectivity index (χ2v) is 10.5. The van der Waals surface area contributed by atoms with E-state index in [0.717, 1.165) is 0 Å². The molecule has 0 bridgehead atoms. The molecule has 8 nitrogen and oxygen atoms in total. The molecule has 2 aromatic rings. The van der Waals surface area contributed by atoms with Crippen LogP contribution < -0.4 is 14.2 Å². The van der Waals surface area contributed by atoms with Gasteiger partial charge in [-0.15, -0.1) is 5.10 Å². The van der Waals surface area contributed by atoms with Crippen LogP contribution in [0.1, 0.15) is 12.5 Å². The fourth-order valence-corrected chi connectivity index (χ4v) is 5.47. The van der Waals surface area contributed by atoms with Crippen LogP contribution in [0.3, 0.4) is 0 Å². The zero-order chi connectivity index (χ0) is 21.9. The predicted octanol–water partition coefficient (Wildman–Crippen LogP) is 3.93. The van der Waals surface area contributed by atoms with Gasteiger partial charge in [0, 0.05) is 8.95 Å². The molecule has 0 radical (unpaired) electrons. The van der Waals surface area contributed by atoms with Gasteiger partial charge in [0.2, 0.25) is 5.91 Å². The van der Waals surface area contributed by atoms with E-state index in [4.69, 9.17) is 8.92 Å². The van der Waals surface area contributed by atoms with Crippen molar-refractivity contribution in [1.29, 1.82) is 0 Å². The Hall–Kier alpha value is -1.89. The number of amidine groups is 1. The van der Waals surface area contributed by atoms with Crippen molar-refractivity contribution in [3.8, 4) is 11.5 Å². The third-order valence-corrected chi connectivity index (χ3v) is 7.49. The van der Waals surface area contributed by atoms with Crippen LogP contribution in [0.5, 0.6) is 11.5 Å². The van der Waals surface area contributed by atoms with E-state index in [0.29, 0.717) is 19.7 Å². The smallest absolute Gasteiger partial charge is 0.340 e. The third-order valence-electron chi connectivity index (χ3n) is 3.79. The quantitative estimate of drug-likeness (QED) is 0.317. The molecular formula is C18H15Br2N3O5S2. The summed E-state index contributed by atoms with van der Waals surface area (Å²) in [5.41, 5.74) is 0.604. The minimum atomic E-state index is -4.11. The number of nitrogens with zero attached hydrogens (tertiary/aromatic N) is 2. The van der Waals surface area contributed by atoms with Gasteiger partial charge >= 0.3 is 10.1 Å². The summed E-state index contributed by atoms with van der Waals surface area (Å²) >= 11 is 7.76. The zero-order valence-corrected chi connectivity index (χ0v) is 20.4. The highest BCUT2D eigenvalue weighted by atomic mass is 79.9. The monoisotopic (exact) mass is 575 g/mol. The first-order valence-electron chi connectivity index (χ1n) is 8.36. The lowest BCUT2D eigenvalue weighted by molar-refractivity contribution is -0.118. The number of methoxy groups -OCH3 is 1. The molecule has 0 aliphatic carbocycles. The summed E-state index contributed by atoms with van der Waals surface area (Å²) in [6, 6.07) is 9.38. The van der Waals surface area contributed by atoms with E-state index in [1.165, 1.54) is 37.2 Å². The van der Waals surface area contributed by atoms with Crippen molar-refractivity contribution in [3.05, 3.63) is 50.9 Å². The topological polar surface area (TPSA) is 106 Å². The molecule has 1 aliphatic heterocycles. The van der Waals surface area contributed by atoms with Gasteiger partial charge in [0.25, 0.3) is 0 Å². The van der Waals surface area contributed by atoms with Crippen LogP contribution in [-0.4, -0.2) is 38.1 Å². The number of amides is 1. The summed E-state index contributed by atoms with van der Waals surface area (Å²) in [4.78, 5) is 11.4. The molecule has 0 spiro atoms. The van der Waals surface area contributed by atoms with Crippen LogP contribution in [0.4, 0.5) is 0 Å². The van der Waals surface area contributed by atoms with Crippen LogP contribution in [0.25, 0.3) is 0 Å². The molecule has 1 heterocycles. The largest absolute Gasteiger partial charge is 0.493 e. The second-order valence-electron chi connectivity index (χ2n) is 5.92. The molecule has 1 amide bonds. The fourth-order valence-electron chi connectivity index (χ4n) is 2.32. The highest BCUT2D eigenvalue weighted by Gasteiger charge is 2.26. The first-order valence-corrected chi connectivity index (χ1v) is 12.2. The first-order chi connectivity index (χ1) is 14.2. The lowest BCUT2D eigenvalue weighted by atomic mass is 10.2. The Morgan fingerprint density at radius 2 is 1.93 bits per heavy atom. The van der Waals surface area contributed by atoms with Crippen molar-refractivity contribution in [3.63, 3.8) is 0 Å². The van der Waals surface area contributed by atoms with Gasteiger partial charge in [-0.05, 0) is 64.8 Å². The normalized spacial score (nSPS) is 18.1. The van der Waals surface area contributed by atoms with Crippen molar-refractivity contribution >= 4 is 71.0 Å². The number of rotatable bonds is 6. The maximum Gasteiger partial charge on any atom is 0.340 e. The lowest BCUT2D eigenvalue weighted by Crippen LogP contribution is -2.23. The molecule has 158 valence electrons. The molecule has 1 aliphatic rings. The molecule has 0 aromatic heterocycles. The van der Waals surface area contributed by atoms with Crippen molar-refractivity contribution in [1.82, 2.24) is 5.32 Å². The number of carbonyl (C=O) groups excluding carboxylic acids is 1. The Kier molecular flexibility index (Phi) is 7.22. The fraction of sp³-hybridized carbons (Fsp3) is 0.167. The molecule has 1 saturated heterocycles. The molecule has 2 aromatic carbocycles. The van der Waals surface area contributed by atoms with Crippen molar-refractivity contribution in [2.75, 3.05) is 7.11 Å². The first kappa shape index (κ1) is 22.8. The SMILES string of the molecule is COc1cc(C=NN=C2NC(=O)C(C)S2)ccc1OS(=O)(=O)c1cc(Br)ccc1Br. The number of ether oxygens (including phenoxy) is 1. The Morgan fingerprint density at radius 1 is 1.17 bits per heavy atom. The van der Waals surface area contributed by atoms with Crippen LogP contribution in [0.2, 0.25) is 0 Å². The number of benzene rings is 2. The predicted molar refractivity (Wildman–Crippen MR) is 123 cm³/mol. The van der Waals surface area contributed by atoms with Crippen LogP contribution in [-0.2, 0) is 14.9 Å². The van der Waals surface area contributed by atoms with Crippen LogP contribution in [0, 0.1) is 0 Å². The van der Waals surface area contributed by atoms with E-state index < -0.39 is 10.1 Å². The Bertz CT molecular complexity index is 1150. The van der Waals surface area contributed by atoms with E-state index in [1.807, 2.05) is 0 Å². The highest BCUT2D eigenvalue weighted by Crippen LogP contribution is 2.33. The maximum absolute atomic E-state index is 12.7. The Morgan fingerprint density at radius 3 is 2.60 bits per heavy atom. The van der Waals surface area contributed by atoms with Gasteiger partial charge in [0.05, 0.1) is 18.6 Å². The Balaban J connectivity index is 1.81. The van der Waals surface area contributed by atoms with Gasteiger partial charge in [-0.25, -0.2) is 0 Å². The lowest BCUT2D eigenvalue weighted by Gasteiger charge is -2.12. The van der Waals surface area contributed by atoms with Gasteiger partial charge in [-0.3, -0.25) is 4.79 Å². The summed E-state index contributed by atoms with van der Waals surface area (Å²) in [6.45, 7) is 1.77. The molecule has 1 fully saturated rings. The summed E-state index contributed by atoms with van der Waals surface area (Å²) in [7, 11) is -2.71. The summed E-state index contributed by atoms with van der Waals surface area (Å²) in [5.74, 6) is 0.120. The summed E-state index contributed by atoms with van der Waals surface area (Å²) in [6.07, 6.45) is 1.45.